The fourth-order valence-corrected chi connectivity index (χ4v) is 6.39. The molecule has 132 valence electrons. The van der Waals surface area contributed by atoms with Gasteiger partial charge in [-0.25, -0.2) is 0 Å². The van der Waals surface area contributed by atoms with Crippen LogP contribution >= 0.6 is 0 Å². The molecule has 6 rings (SSSR count). The van der Waals surface area contributed by atoms with Crippen LogP contribution in [0.4, 0.5) is 0 Å². The predicted octanol–water partition coefficient (Wildman–Crippen LogP) is 2.51. The molecule has 1 saturated heterocycles. The molecule has 4 nitrogen and oxygen atoms in total. The third-order valence-corrected chi connectivity index (χ3v) is 7.71. The molecule has 1 spiro atoms. The van der Waals surface area contributed by atoms with Crippen molar-refractivity contribution in [2.24, 2.45) is 5.92 Å². The number of phenols is 1. The first kappa shape index (κ1) is 14.6. The van der Waals surface area contributed by atoms with E-state index in [9.17, 15) is 10.2 Å². The molecule has 1 unspecified atom stereocenters. The van der Waals surface area contributed by atoms with Crippen LogP contribution in [0.5, 0.6) is 11.5 Å². The normalized spacial score (nSPS) is 41.4. The molecule has 2 saturated carbocycles. The Balaban J connectivity index is 1.58. The highest BCUT2D eigenvalue weighted by molar-refractivity contribution is 5.63. The fraction of sp³-hybridized carbons (Fsp3) is 0.619. The molecular formula is C21H25NO3. The minimum absolute atomic E-state index is 0.157. The van der Waals surface area contributed by atoms with Crippen LogP contribution in [0, 0.1) is 5.92 Å². The second-order valence-electron chi connectivity index (χ2n) is 8.91. The van der Waals surface area contributed by atoms with E-state index in [2.05, 4.69) is 11.5 Å². The number of nitrogens with zero attached hydrogens (tertiary/aromatic N) is 1. The summed E-state index contributed by atoms with van der Waals surface area (Å²) in [5.74, 6) is 1.64. The predicted molar refractivity (Wildman–Crippen MR) is 93.9 cm³/mol. The summed E-state index contributed by atoms with van der Waals surface area (Å²) in [6.07, 6.45) is 5.79. The Kier molecular flexibility index (Phi) is 2.58. The molecule has 0 radical (unpaired) electrons. The van der Waals surface area contributed by atoms with Crippen LogP contribution in [0.25, 0.3) is 0 Å². The lowest BCUT2D eigenvalue weighted by molar-refractivity contribution is -0.174. The van der Waals surface area contributed by atoms with Crippen molar-refractivity contribution in [1.82, 2.24) is 4.90 Å². The number of likely N-dealkylation sites (tertiary alicyclic amines) is 1. The number of piperidine rings is 1. The zero-order valence-corrected chi connectivity index (χ0v) is 14.5. The van der Waals surface area contributed by atoms with Gasteiger partial charge < -0.3 is 14.9 Å². The molecule has 2 heterocycles. The Morgan fingerprint density at radius 1 is 1.28 bits per heavy atom. The van der Waals surface area contributed by atoms with E-state index in [1.54, 1.807) is 6.07 Å². The van der Waals surface area contributed by atoms with Gasteiger partial charge in [0.25, 0.3) is 0 Å². The first-order chi connectivity index (χ1) is 12.0. The van der Waals surface area contributed by atoms with E-state index in [4.69, 9.17) is 4.74 Å². The summed E-state index contributed by atoms with van der Waals surface area (Å²) in [4.78, 5) is 2.56. The van der Waals surface area contributed by atoms with Crippen molar-refractivity contribution < 1.29 is 14.9 Å². The SMILES string of the molecule is C=C1CCC2(O)[C@H]3Cc4ccc(O)c5c4[C@@]2(CCN3CC2CC2)[C@@H]1O5. The van der Waals surface area contributed by atoms with Gasteiger partial charge in [-0.05, 0) is 68.2 Å². The van der Waals surface area contributed by atoms with Crippen LogP contribution in [-0.2, 0) is 11.8 Å². The van der Waals surface area contributed by atoms with Gasteiger partial charge in [0.05, 0.1) is 11.0 Å². The van der Waals surface area contributed by atoms with Gasteiger partial charge in [0.2, 0.25) is 0 Å². The van der Waals surface area contributed by atoms with E-state index in [1.807, 2.05) is 6.07 Å². The second-order valence-corrected chi connectivity index (χ2v) is 8.91. The highest BCUT2D eigenvalue weighted by atomic mass is 16.5. The number of hydrogen-bond acceptors (Lipinski definition) is 4. The number of ether oxygens (including phenoxy) is 1. The van der Waals surface area contributed by atoms with Crippen molar-refractivity contribution in [3.63, 3.8) is 0 Å². The molecule has 2 N–H and O–H groups in total. The smallest absolute Gasteiger partial charge is 0.166 e. The zero-order valence-electron chi connectivity index (χ0n) is 14.5. The van der Waals surface area contributed by atoms with E-state index < -0.39 is 11.0 Å². The number of aliphatic hydroxyl groups is 1. The molecule has 3 fully saturated rings. The molecule has 5 aliphatic rings. The number of phenolic OH excluding ortho intramolecular Hbond substituents is 1. The molecular weight excluding hydrogens is 314 g/mol. The third-order valence-electron chi connectivity index (χ3n) is 7.71. The summed E-state index contributed by atoms with van der Waals surface area (Å²) < 4.78 is 6.29. The van der Waals surface area contributed by atoms with Gasteiger partial charge in [-0.2, -0.15) is 0 Å². The number of hydrogen-bond donors (Lipinski definition) is 2. The molecule has 4 atom stereocenters. The number of benzene rings is 1. The molecule has 1 aromatic rings. The molecule has 4 heteroatoms. The topological polar surface area (TPSA) is 52.9 Å². The van der Waals surface area contributed by atoms with Crippen LogP contribution < -0.4 is 4.74 Å². The van der Waals surface area contributed by atoms with Crippen LogP contribution in [0.3, 0.4) is 0 Å². The average molecular weight is 339 g/mol. The maximum absolute atomic E-state index is 12.1. The quantitative estimate of drug-likeness (QED) is 0.813. The molecule has 1 aromatic carbocycles. The van der Waals surface area contributed by atoms with Crippen LogP contribution in [0.15, 0.2) is 24.3 Å². The Bertz CT molecular complexity index is 801. The molecule has 2 aliphatic heterocycles. The molecule has 2 bridgehead atoms. The van der Waals surface area contributed by atoms with Gasteiger partial charge in [-0.3, -0.25) is 4.90 Å². The Hall–Kier alpha value is -1.52. The van der Waals surface area contributed by atoms with Gasteiger partial charge in [0.15, 0.2) is 11.5 Å². The fourth-order valence-electron chi connectivity index (χ4n) is 6.39. The van der Waals surface area contributed by atoms with Crippen molar-refractivity contribution in [2.45, 2.75) is 61.7 Å². The summed E-state index contributed by atoms with van der Waals surface area (Å²) in [6, 6.07) is 3.96. The van der Waals surface area contributed by atoms with Gasteiger partial charge in [0, 0.05) is 18.2 Å². The van der Waals surface area contributed by atoms with Crippen molar-refractivity contribution in [3.05, 3.63) is 35.4 Å². The Labute approximate surface area is 148 Å². The number of aromatic hydroxyl groups is 1. The standard InChI is InChI=1S/C21H25NO3/c1-12-6-7-21(24)16-10-14-4-5-15(23)18-17(14)20(21,19(12)25-18)8-9-22(16)11-13-2-3-13/h4-5,13,16,19,23-24H,1-3,6-11H2/t16-,19-,20+,21?/m1/s1. The van der Waals surface area contributed by atoms with Crippen LogP contribution in [0.1, 0.15) is 43.2 Å². The van der Waals surface area contributed by atoms with E-state index in [1.165, 1.54) is 18.4 Å². The molecule has 25 heavy (non-hydrogen) atoms. The summed E-state index contributed by atoms with van der Waals surface area (Å²) in [5, 5.41) is 22.5. The van der Waals surface area contributed by atoms with Crippen molar-refractivity contribution in [3.8, 4) is 11.5 Å². The lowest BCUT2D eigenvalue weighted by Gasteiger charge is -2.63. The zero-order chi connectivity index (χ0) is 17.0. The monoisotopic (exact) mass is 339 g/mol. The minimum atomic E-state index is -0.780. The highest BCUT2D eigenvalue weighted by Crippen LogP contribution is 2.66. The lowest BCUT2D eigenvalue weighted by atomic mass is 9.48. The Morgan fingerprint density at radius 3 is 2.92 bits per heavy atom. The highest BCUT2D eigenvalue weighted by Gasteiger charge is 2.71. The molecule has 0 aromatic heterocycles. The second kappa shape index (κ2) is 4.41. The maximum Gasteiger partial charge on any atom is 0.166 e. The van der Waals surface area contributed by atoms with Crippen LogP contribution in [-0.4, -0.2) is 45.9 Å². The maximum atomic E-state index is 12.1. The Morgan fingerprint density at radius 2 is 2.12 bits per heavy atom. The van der Waals surface area contributed by atoms with Crippen molar-refractivity contribution in [1.29, 1.82) is 0 Å². The summed E-state index contributed by atoms with van der Waals surface area (Å²) in [7, 11) is 0. The van der Waals surface area contributed by atoms with E-state index in [-0.39, 0.29) is 17.9 Å². The van der Waals surface area contributed by atoms with E-state index in [0.29, 0.717) is 5.75 Å². The summed E-state index contributed by atoms with van der Waals surface area (Å²) in [5.41, 5.74) is 2.21. The molecule has 0 amide bonds. The van der Waals surface area contributed by atoms with Gasteiger partial charge in [0.1, 0.15) is 6.10 Å². The first-order valence-corrected chi connectivity index (χ1v) is 9.71. The van der Waals surface area contributed by atoms with E-state index in [0.717, 1.165) is 55.8 Å². The third kappa shape index (κ3) is 1.57. The van der Waals surface area contributed by atoms with Gasteiger partial charge in [-0.15, -0.1) is 0 Å². The van der Waals surface area contributed by atoms with Gasteiger partial charge >= 0.3 is 0 Å². The first-order valence-electron chi connectivity index (χ1n) is 9.71. The summed E-state index contributed by atoms with van der Waals surface area (Å²) >= 11 is 0. The van der Waals surface area contributed by atoms with Crippen LogP contribution in [0.2, 0.25) is 0 Å². The lowest BCUT2D eigenvalue weighted by Crippen LogP contribution is -2.75. The van der Waals surface area contributed by atoms with E-state index >= 15 is 0 Å². The summed E-state index contributed by atoms with van der Waals surface area (Å²) in [6.45, 7) is 6.40. The largest absolute Gasteiger partial charge is 0.504 e. The number of rotatable bonds is 2. The van der Waals surface area contributed by atoms with Crippen molar-refractivity contribution >= 4 is 0 Å². The van der Waals surface area contributed by atoms with Crippen molar-refractivity contribution in [2.75, 3.05) is 13.1 Å². The minimum Gasteiger partial charge on any atom is -0.504 e. The van der Waals surface area contributed by atoms with Gasteiger partial charge in [-0.1, -0.05) is 12.6 Å². The average Bonchev–Trinajstić information content (AvgIpc) is 3.32. The molecule has 3 aliphatic carbocycles.